The minimum absolute atomic E-state index is 0.137. The van der Waals surface area contributed by atoms with Gasteiger partial charge in [0.25, 0.3) is 5.91 Å². The predicted octanol–water partition coefficient (Wildman–Crippen LogP) is 3.10. The van der Waals surface area contributed by atoms with E-state index < -0.39 is 11.8 Å². The summed E-state index contributed by atoms with van der Waals surface area (Å²) >= 11 is 0. The fraction of sp³-hybridized carbons (Fsp3) is 0.185. The maximum atomic E-state index is 12.2. The van der Waals surface area contributed by atoms with Crippen LogP contribution in [0.4, 0.5) is 5.69 Å². The van der Waals surface area contributed by atoms with Crippen LogP contribution < -0.4 is 25.5 Å². The summed E-state index contributed by atoms with van der Waals surface area (Å²) in [6, 6.07) is 19.7. The van der Waals surface area contributed by atoms with Crippen LogP contribution in [0.1, 0.15) is 22.3 Å². The highest BCUT2D eigenvalue weighted by Gasteiger charge is 2.12. The van der Waals surface area contributed by atoms with Gasteiger partial charge in [-0.15, -0.1) is 0 Å². The van der Waals surface area contributed by atoms with Crippen LogP contribution in [-0.2, 0) is 20.9 Å². The van der Waals surface area contributed by atoms with Crippen LogP contribution in [0.25, 0.3) is 0 Å². The Morgan fingerprint density at radius 3 is 2.14 bits per heavy atom. The average Bonchev–Trinajstić information content (AvgIpc) is 2.86. The standard InChI is InChI=1S/C27H28N4O5/c1-18-12-19(2)14-22(13-18)30-25(32)17-36-24-10-6-21(7-11-24)16-29-31-27(34)26(33)28-15-20-4-8-23(35-3)9-5-20/h4-14,16H,15,17H2,1-3H3,(H,28,33)(H,30,32)(H,31,34)/b29-16-. The Kier molecular flexibility index (Phi) is 9.16. The number of aryl methyl sites for hydroxylation is 2. The minimum Gasteiger partial charge on any atom is -0.497 e. The molecular formula is C27H28N4O5. The first-order valence-corrected chi connectivity index (χ1v) is 11.2. The highest BCUT2D eigenvalue weighted by atomic mass is 16.5. The topological polar surface area (TPSA) is 118 Å². The van der Waals surface area contributed by atoms with Gasteiger partial charge in [-0.1, -0.05) is 18.2 Å². The Morgan fingerprint density at radius 1 is 0.861 bits per heavy atom. The zero-order valence-electron chi connectivity index (χ0n) is 20.3. The van der Waals surface area contributed by atoms with Crippen molar-refractivity contribution in [3.8, 4) is 11.5 Å². The van der Waals surface area contributed by atoms with Crippen molar-refractivity contribution in [3.63, 3.8) is 0 Å². The lowest BCUT2D eigenvalue weighted by molar-refractivity contribution is -0.139. The largest absolute Gasteiger partial charge is 0.497 e. The number of benzene rings is 3. The summed E-state index contributed by atoms with van der Waals surface area (Å²) in [7, 11) is 1.57. The Balaban J connectivity index is 1.40. The summed E-state index contributed by atoms with van der Waals surface area (Å²) < 4.78 is 10.6. The quantitative estimate of drug-likeness (QED) is 0.243. The Morgan fingerprint density at radius 2 is 1.50 bits per heavy atom. The number of hydrogen-bond acceptors (Lipinski definition) is 6. The van der Waals surface area contributed by atoms with Gasteiger partial charge in [0.1, 0.15) is 11.5 Å². The highest BCUT2D eigenvalue weighted by Crippen LogP contribution is 2.15. The molecule has 0 saturated carbocycles. The second kappa shape index (κ2) is 12.7. The molecule has 186 valence electrons. The second-order valence-electron chi connectivity index (χ2n) is 8.01. The van der Waals surface area contributed by atoms with Crippen LogP contribution in [0.3, 0.4) is 0 Å². The lowest BCUT2D eigenvalue weighted by Crippen LogP contribution is -2.37. The highest BCUT2D eigenvalue weighted by molar-refractivity contribution is 6.35. The van der Waals surface area contributed by atoms with Crippen LogP contribution in [-0.4, -0.2) is 37.7 Å². The number of hydrogen-bond donors (Lipinski definition) is 3. The zero-order chi connectivity index (χ0) is 25.9. The number of nitrogens with zero attached hydrogens (tertiary/aromatic N) is 1. The third kappa shape index (κ3) is 8.28. The van der Waals surface area contributed by atoms with Crippen molar-refractivity contribution in [2.45, 2.75) is 20.4 Å². The Hall–Kier alpha value is -4.66. The van der Waals surface area contributed by atoms with Crippen molar-refractivity contribution in [3.05, 3.63) is 89.0 Å². The maximum Gasteiger partial charge on any atom is 0.329 e. The molecule has 3 aromatic carbocycles. The molecule has 0 heterocycles. The van der Waals surface area contributed by atoms with Crippen LogP contribution in [0.5, 0.6) is 11.5 Å². The zero-order valence-corrected chi connectivity index (χ0v) is 20.3. The van der Waals surface area contributed by atoms with Crippen LogP contribution in [0, 0.1) is 13.8 Å². The smallest absolute Gasteiger partial charge is 0.329 e. The number of rotatable bonds is 9. The summed E-state index contributed by atoms with van der Waals surface area (Å²) in [4.78, 5) is 36.0. The molecular weight excluding hydrogens is 460 g/mol. The van der Waals surface area contributed by atoms with Gasteiger partial charge in [-0.2, -0.15) is 5.10 Å². The molecule has 0 aromatic heterocycles. The van der Waals surface area contributed by atoms with E-state index in [1.54, 1.807) is 55.6 Å². The van der Waals surface area contributed by atoms with E-state index >= 15 is 0 Å². The van der Waals surface area contributed by atoms with Gasteiger partial charge in [-0.25, -0.2) is 5.43 Å². The van der Waals surface area contributed by atoms with Crippen molar-refractivity contribution < 1.29 is 23.9 Å². The maximum absolute atomic E-state index is 12.2. The van der Waals surface area contributed by atoms with E-state index in [4.69, 9.17) is 9.47 Å². The van der Waals surface area contributed by atoms with Gasteiger partial charge in [0.2, 0.25) is 0 Å². The number of amides is 3. The van der Waals surface area contributed by atoms with Crippen molar-refractivity contribution in [1.82, 2.24) is 10.7 Å². The number of methoxy groups -OCH3 is 1. The molecule has 3 amide bonds. The minimum atomic E-state index is -0.880. The summed E-state index contributed by atoms with van der Waals surface area (Å²) in [5, 5.41) is 9.13. The third-order valence-electron chi connectivity index (χ3n) is 4.95. The lowest BCUT2D eigenvalue weighted by atomic mass is 10.1. The predicted molar refractivity (Wildman–Crippen MR) is 137 cm³/mol. The summed E-state index contributed by atoms with van der Waals surface area (Å²) in [5.41, 5.74) is 6.53. The molecule has 0 aliphatic rings. The molecule has 0 spiro atoms. The fourth-order valence-corrected chi connectivity index (χ4v) is 3.27. The molecule has 0 aliphatic carbocycles. The normalized spacial score (nSPS) is 10.5. The average molecular weight is 489 g/mol. The van der Waals surface area contributed by atoms with Crippen LogP contribution in [0.2, 0.25) is 0 Å². The number of carbonyl (C=O) groups excluding carboxylic acids is 3. The molecule has 9 heteroatoms. The molecule has 3 rings (SSSR count). The number of nitrogens with one attached hydrogen (secondary N) is 3. The van der Waals surface area contributed by atoms with Crippen molar-refractivity contribution in [2.75, 3.05) is 19.0 Å². The van der Waals surface area contributed by atoms with Gasteiger partial charge >= 0.3 is 11.8 Å². The molecule has 3 N–H and O–H groups in total. The molecule has 36 heavy (non-hydrogen) atoms. The van der Waals surface area contributed by atoms with Gasteiger partial charge < -0.3 is 20.1 Å². The number of anilines is 1. The molecule has 9 nitrogen and oxygen atoms in total. The van der Waals surface area contributed by atoms with E-state index in [1.807, 2.05) is 32.0 Å². The van der Waals surface area contributed by atoms with E-state index in [1.165, 1.54) is 6.21 Å². The number of ether oxygens (including phenoxy) is 2. The van der Waals surface area contributed by atoms with Crippen molar-refractivity contribution in [2.24, 2.45) is 5.10 Å². The molecule has 0 unspecified atom stereocenters. The Labute approximate surface area is 209 Å². The van der Waals surface area contributed by atoms with Gasteiger partial charge in [0, 0.05) is 12.2 Å². The SMILES string of the molecule is COc1ccc(CNC(=O)C(=O)N/N=C\c2ccc(OCC(=O)Nc3cc(C)cc(C)c3)cc2)cc1. The molecule has 3 aromatic rings. The van der Waals surface area contributed by atoms with Crippen molar-refractivity contribution >= 4 is 29.6 Å². The summed E-state index contributed by atoms with van der Waals surface area (Å²) in [5.74, 6) is -0.737. The second-order valence-corrected chi connectivity index (χ2v) is 8.01. The monoisotopic (exact) mass is 488 g/mol. The molecule has 0 bridgehead atoms. The lowest BCUT2D eigenvalue weighted by Gasteiger charge is -2.09. The third-order valence-corrected chi connectivity index (χ3v) is 4.95. The molecule has 0 radical (unpaired) electrons. The molecule has 0 fully saturated rings. The number of carbonyl (C=O) groups is 3. The first kappa shape index (κ1) is 26.0. The van der Waals surface area contributed by atoms with Gasteiger partial charge in [0.05, 0.1) is 13.3 Å². The summed E-state index contributed by atoms with van der Waals surface area (Å²) in [6.45, 7) is 3.99. The van der Waals surface area contributed by atoms with Crippen LogP contribution in [0.15, 0.2) is 71.8 Å². The molecule has 0 aliphatic heterocycles. The fourth-order valence-electron chi connectivity index (χ4n) is 3.27. The van der Waals surface area contributed by atoms with E-state index in [-0.39, 0.29) is 19.1 Å². The van der Waals surface area contributed by atoms with E-state index in [2.05, 4.69) is 21.2 Å². The van der Waals surface area contributed by atoms with Gasteiger partial charge in [-0.05, 0) is 84.6 Å². The van der Waals surface area contributed by atoms with Gasteiger partial charge in [-0.3, -0.25) is 14.4 Å². The van der Waals surface area contributed by atoms with Crippen LogP contribution >= 0.6 is 0 Å². The molecule has 0 saturated heterocycles. The Bertz CT molecular complexity index is 1220. The van der Waals surface area contributed by atoms with E-state index in [0.29, 0.717) is 17.1 Å². The first-order valence-electron chi connectivity index (χ1n) is 11.2. The van der Waals surface area contributed by atoms with E-state index in [9.17, 15) is 14.4 Å². The van der Waals surface area contributed by atoms with Crippen molar-refractivity contribution in [1.29, 1.82) is 0 Å². The number of hydrazone groups is 1. The van der Waals surface area contributed by atoms with Gasteiger partial charge in [0.15, 0.2) is 6.61 Å². The first-order chi connectivity index (χ1) is 17.3. The molecule has 0 atom stereocenters. The summed E-state index contributed by atoms with van der Waals surface area (Å²) in [6.07, 6.45) is 1.39. The van der Waals surface area contributed by atoms with E-state index in [0.717, 1.165) is 22.4 Å².